The molecule has 0 atom stereocenters. The first-order valence-corrected chi connectivity index (χ1v) is 14.1. The summed E-state index contributed by atoms with van der Waals surface area (Å²) in [5.74, 6) is 2.36. The molecule has 0 saturated heterocycles. The molecule has 0 fully saturated rings. The van der Waals surface area contributed by atoms with Gasteiger partial charge in [-0.25, -0.2) is 4.98 Å². The highest BCUT2D eigenvalue weighted by Crippen LogP contribution is 2.54. The average molecular weight is 546 g/mol. The standard InChI is InChI=1S/C37H27N3O2/c1-37(2)30-19-18-29-28-14-3-4-17-33(28)42-35(29)34(30)40(36-31(37)15-9-21-39-36)25-11-8-13-27(23-25)41-26-12-7-10-24(22-26)32-16-5-6-20-38-32/h3-23H,1-2H3. The van der Waals surface area contributed by atoms with E-state index >= 15 is 0 Å². The first-order valence-electron chi connectivity index (χ1n) is 14.1. The van der Waals surface area contributed by atoms with Gasteiger partial charge in [0.05, 0.1) is 17.1 Å². The molecule has 0 radical (unpaired) electrons. The molecular formula is C37H27N3O2. The van der Waals surface area contributed by atoms with E-state index in [4.69, 9.17) is 14.1 Å². The molecule has 42 heavy (non-hydrogen) atoms. The number of anilines is 3. The van der Waals surface area contributed by atoms with Crippen LogP contribution < -0.4 is 9.64 Å². The van der Waals surface area contributed by atoms with Crippen LogP contribution in [0.5, 0.6) is 11.5 Å². The minimum atomic E-state index is -0.275. The van der Waals surface area contributed by atoms with Crippen molar-refractivity contribution in [1.82, 2.24) is 9.97 Å². The Morgan fingerprint density at radius 2 is 1.48 bits per heavy atom. The maximum Gasteiger partial charge on any atom is 0.159 e. The molecule has 0 unspecified atom stereocenters. The summed E-state index contributed by atoms with van der Waals surface area (Å²) in [6.45, 7) is 4.51. The number of benzene rings is 4. The largest absolute Gasteiger partial charge is 0.457 e. The maximum absolute atomic E-state index is 6.59. The molecule has 0 bridgehead atoms. The van der Waals surface area contributed by atoms with Crippen molar-refractivity contribution in [2.24, 2.45) is 0 Å². The molecule has 4 aromatic carbocycles. The SMILES string of the molecule is CC1(C)c2cccnc2N(c2cccc(Oc3cccc(-c4ccccn4)c3)c2)c2c1ccc1c2oc2ccccc21. The van der Waals surface area contributed by atoms with Gasteiger partial charge in [0.25, 0.3) is 0 Å². The van der Waals surface area contributed by atoms with Crippen molar-refractivity contribution in [3.8, 4) is 22.8 Å². The Kier molecular flexibility index (Phi) is 5.41. The Hall–Kier alpha value is -5.42. The summed E-state index contributed by atoms with van der Waals surface area (Å²) >= 11 is 0. The van der Waals surface area contributed by atoms with Crippen LogP contribution in [-0.4, -0.2) is 9.97 Å². The third kappa shape index (κ3) is 3.78. The molecule has 5 nitrogen and oxygen atoms in total. The lowest BCUT2D eigenvalue weighted by Gasteiger charge is -2.40. The Morgan fingerprint density at radius 3 is 2.36 bits per heavy atom. The van der Waals surface area contributed by atoms with Crippen LogP contribution in [0.25, 0.3) is 33.2 Å². The van der Waals surface area contributed by atoms with Gasteiger partial charge in [-0.3, -0.25) is 9.88 Å². The van der Waals surface area contributed by atoms with Gasteiger partial charge in [0.1, 0.15) is 22.9 Å². The average Bonchev–Trinajstić information content (AvgIpc) is 3.41. The van der Waals surface area contributed by atoms with Gasteiger partial charge in [-0.2, -0.15) is 0 Å². The number of pyridine rings is 2. The minimum absolute atomic E-state index is 0.275. The number of hydrogen-bond donors (Lipinski definition) is 0. The number of ether oxygens (including phenoxy) is 1. The first kappa shape index (κ1) is 24.4. The zero-order chi connectivity index (χ0) is 28.3. The molecule has 0 spiro atoms. The summed E-state index contributed by atoms with van der Waals surface area (Å²) < 4.78 is 13.0. The second-order valence-electron chi connectivity index (χ2n) is 11.1. The van der Waals surface area contributed by atoms with E-state index < -0.39 is 0 Å². The summed E-state index contributed by atoms with van der Waals surface area (Å²) in [5, 5.41) is 2.19. The molecular weight excluding hydrogens is 518 g/mol. The normalized spacial score (nSPS) is 13.6. The zero-order valence-corrected chi connectivity index (χ0v) is 23.3. The number of aromatic nitrogens is 2. The van der Waals surface area contributed by atoms with Gasteiger partial charge in [-0.05, 0) is 54.1 Å². The van der Waals surface area contributed by atoms with Gasteiger partial charge in [-0.1, -0.05) is 74.5 Å². The van der Waals surface area contributed by atoms with E-state index in [2.05, 4.69) is 66.2 Å². The van der Waals surface area contributed by atoms with Crippen molar-refractivity contribution >= 4 is 39.1 Å². The molecule has 4 heterocycles. The number of hydrogen-bond acceptors (Lipinski definition) is 5. The van der Waals surface area contributed by atoms with E-state index in [1.165, 1.54) is 5.56 Å². The van der Waals surface area contributed by atoms with Crippen LogP contribution in [0.4, 0.5) is 17.2 Å². The summed E-state index contributed by atoms with van der Waals surface area (Å²) in [5.41, 5.74) is 7.65. The fourth-order valence-corrected chi connectivity index (χ4v) is 6.14. The van der Waals surface area contributed by atoms with Crippen LogP contribution in [0.1, 0.15) is 25.0 Å². The lowest BCUT2D eigenvalue weighted by atomic mass is 9.74. The molecule has 0 saturated carbocycles. The molecule has 0 aliphatic carbocycles. The van der Waals surface area contributed by atoms with Crippen LogP contribution in [0.15, 0.2) is 132 Å². The van der Waals surface area contributed by atoms with Crippen molar-refractivity contribution < 1.29 is 9.15 Å². The Balaban J connectivity index is 1.29. The lowest BCUT2D eigenvalue weighted by Crippen LogP contribution is -2.31. The predicted molar refractivity (Wildman–Crippen MR) is 168 cm³/mol. The van der Waals surface area contributed by atoms with E-state index in [0.717, 1.165) is 67.5 Å². The first-order chi connectivity index (χ1) is 20.6. The molecule has 0 N–H and O–H groups in total. The van der Waals surface area contributed by atoms with Crippen LogP contribution in [-0.2, 0) is 5.41 Å². The number of rotatable bonds is 4. The van der Waals surface area contributed by atoms with Gasteiger partial charge in [-0.15, -0.1) is 0 Å². The molecule has 5 heteroatoms. The molecule has 202 valence electrons. The van der Waals surface area contributed by atoms with Gasteiger partial charge >= 0.3 is 0 Å². The second kappa shape index (κ2) is 9.32. The van der Waals surface area contributed by atoms with Crippen molar-refractivity contribution in [3.63, 3.8) is 0 Å². The second-order valence-corrected chi connectivity index (χ2v) is 11.1. The molecule has 3 aromatic heterocycles. The quantitative estimate of drug-likeness (QED) is 0.220. The summed E-state index contributed by atoms with van der Waals surface area (Å²) in [4.78, 5) is 11.6. The molecule has 1 aliphatic heterocycles. The topological polar surface area (TPSA) is 51.4 Å². The number of nitrogens with zero attached hydrogens (tertiary/aromatic N) is 3. The van der Waals surface area contributed by atoms with Crippen molar-refractivity contribution in [3.05, 3.63) is 139 Å². The highest BCUT2D eigenvalue weighted by atomic mass is 16.5. The third-order valence-corrected chi connectivity index (χ3v) is 8.20. The van der Waals surface area contributed by atoms with Crippen LogP contribution in [0.2, 0.25) is 0 Å². The predicted octanol–water partition coefficient (Wildman–Crippen LogP) is 9.94. The monoisotopic (exact) mass is 545 g/mol. The number of fused-ring (bicyclic) bond motifs is 6. The van der Waals surface area contributed by atoms with Gasteiger partial charge in [0.2, 0.25) is 0 Å². The molecule has 7 aromatic rings. The van der Waals surface area contributed by atoms with E-state index in [1.54, 1.807) is 6.20 Å². The van der Waals surface area contributed by atoms with E-state index in [1.807, 2.05) is 79.0 Å². The van der Waals surface area contributed by atoms with Crippen molar-refractivity contribution in [1.29, 1.82) is 0 Å². The van der Waals surface area contributed by atoms with Gasteiger partial charge in [0, 0.05) is 45.8 Å². The fraction of sp³-hybridized carbons (Fsp3) is 0.0811. The Morgan fingerprint density at radius 1 is 0.667 bits per heavy atom. The molecule has 8 rings (SSSR count). The fourth-order valence-electron chi connectivity index (χ4n) is 6.14. The maximum atomic E-state index is 6.59. The van der Waals surface area contributed by atoms with E-state index in [0.29, 0.717) is 0 Å². The minimum Gasteiger partial charge on any atom is -0.457 e. The van der Waals surface area contributed by atoms with Crippen molar-refractivity contribution in [2.75, 3.05) is 4.90 Å². The summed E-state index contributed by atoms with van der Waals surface area (Å²) in [6.07, 6.45) is 3.66. The summed E-state index contributed by atoms with van der Waals surface area (Å²) in [7, 11) is 0. The van der Waals surface area contributed by atoms with Gasteiger partial charge in [0.15, 0.2) is 5.58 Å². The zero-order valence-electron chi connectivity index (χ0n) is 23.3. The third-order valence-electron chi connectivity index (χ3n) is 8.20. The lowest BCUT2D eigenvalue weighted by molar-refractivity contribution is 0.483. The van der Waals surface area contributed by atoms with E-state index in [-0.39, 0.29) is 5.41 Å². The molecule has 1 aliphatic rings. The number of para-hydroxylation sites is 1. The van der Waals surface area contributed by atoms with Gasteiger partial charge < -0.3 is 9.15 Å². The van der Waals surface area contributed by atoms with Crippen LogP contribution in [0.3, 0.4) is 0 Å². The Labute approximate surface area is 243 Å². The smallest absolute Gasteiger partial charge is 0.159 e. The highest BCUT2D eigenvalue weighted by molar-refractivity contribution is 6.11. The summed E-state index contributed by atoms with van der Waals surface area (Å²) in [6, 6.07) is 38.9. The highest BCUT2D eigenvalue weighted by Gasteiger charge is 2.40. The van der Waals surface area contributed by atoms with Crippen LogP contribution >= 0.6 is 0 Å². The van der Waals surface area contributed by atoms with E-state index in [9.17, 15) is 0 Å². The van der Waals surface area contributed by atoms with Crippen molar-refractivity contribution in [2.45, 2.75) is 19.3 Å². The molecule has 0 amide bonds. The Bertz CT molecular complexity index is 2110. The van der Waals surface area contributed by atoms with Crippen LogP contribution in [0, 0.1) is 0 Å². The number of furan rings is 1.